The Hall–Kier alpha value is -1.59. The molecule has 452 valence electrons. The molecule has 0 spiro atoms. The summed E-state index contributed by atoms with van der Waals surface area (Å²) < 4.78 is 17.0. The van der Waals surface area contributed by atoms with E-state index in [0.29, 0.717) is 19.3 Å². The summed E-state index contributed by atoms with van der Waals surface area (Å²) >= 11 is 0. The zero-order chi connectivity index (χ0) is 55.0. The Labute approximate surface area is 476 Å². The minimum absolute atomic E-state index is 0.0606. The molecule has 0 saturated heterocycles. The molecule has 6 heteroatoms. The van der Waals surface area contributed by atoms with E-state index in [-0.39, 0.29) is 31.1 Å². The topological polar surface area (TPSA) is 78.9 Å². The van der Waals surface area contributed by atoms with Crippen molar-refractivity contribution in [2.45, 2.75) is 419 Å². The molecule has 76 heavy (non-hydrogen) atoms. The highest BCUT2D eigenvalue weighted by molar-refractivity contribution is 5.71. The average Bonchev–Trinajstić information content (AvgIpc) is 3.42. The van der Waals surface area contributed by atoms with Gasteiger partial charge >= 0.3 is 17.9 Å². The van der Waals surface area contributed by atoms with Crippen molar-refractivity contribution in [3.05, 3.63) is 0 Å². The van der Waals surface area contributed by atoms with Crippen LogP contribution in [0.3, 0.4) is 0 Å². The molecule has 0 aliphatic rings. The number of esters is 3. The number of rotatable bonds is 66. The van der Waals surface area contributed by atoms with E-state index in [4.69, 9.17) is 14.2 Å². The fraction of sp³-hybridized carbons (Fsp3) is 0.957. The van der Waals surface area contributed by atoms with E-state index in [1.165, 1.54) is 315 Å². The van der Waals surface area contributed by atoms with Crippen molar-refractivity contribution in [2.24, 2.45) is 0 Å². The molecule has 0 aliphatic carbocycles. The number of unbranched alkanes of at least 4 members (excludes halogenated alkanes) is 55. The van der Waals surface area contributed by atoms with Gasteiger partial charge in [-0.15, -0.1) is 0 Å². The van der Waals surface area contributed by atoms with Gasteiger partial charge in [-0.05, 0) is 19.3 Å². The van der Waals surface area contributed by atoms with Gasteiger partial charge in [-0.1, -0.05) is 374 Å². The van der Waals surface area contributed by atoms with Crippen LogP contribution in [-0.2, 0) is 28.6 Å². The third kappa shape index (κ3) is 63.2. The van der Waals surface area contributed by atoms with Crippen LogP contribution < -0.4 is 0 Å². The summed E-state index contributed by atoms with van der Waals surface area (Å²) in [5.41, 5.74) is 0. The van der Waals surface area contributed by atoms with Crippen molar-refractivity contribution in [3.8, 4) is 0 Å². The summed E-state index contributed by atoms with van der Waals surface area (Å²) in [6.45, 7) is 6.73. The van der Waals surface area contributed by atoms with Crippen molar-refractivity contribution in [1.29, 1.82) is 0 Å². The largest absolute Gasteiger partial charge is 0.462 e. The molecule has 0 rings (SSSR count). The van der Waals surface area contributed by atoms with Gasteiger partial charge in [-0.25, -0.2) is 0 Å². The first-order valence-corrected chi connectivity index (χ1v) is 35.0. The van der Waals surface area contributed by atoms with Gasteiger partial charge in [0.25, 0.3) is 0 Å². The Morgan fingerprint density at radius 3 is 0.526 bits per heavy atom. The predicted octanol–water partition coefficient (Wildman–Crippen LogP) is 23.8. The Bertz CT molecular complexity index is 1140. The minimum Gasteiger partial charge on any atom is -0.462 e. The molecular weight excluding hydrogens is 937 g/mol. The summed E-state index contributed by atoms with van der Waals surface area (Å²) in [4.78, 5) is 38.3. The molecular formula is C70H136O6. The maximum absolute atomic E-state index is 12.9. The van der Waals surface area contributed by atoms with Crippen molar-refractivity contribution in [3.63, 3.8) is 0 Å². The molecule has 0 aromatic heterocycles. The number of hydrogen-bond acceptors (Lipinski definition) is 6. The second kappa shape index (κ2) is 65.9. The Morgan fingerprint density at radius 2 is 0.355 bits per heavy atom. The van der Waals surface area contributed by atoms with Gasteiger partial charge in [0.1, 0.15) is 13.2 Å². The molecule has 0 aromatic rings. The number of ether oxygens (including phenoxy) is 3. The molecule has 1 unspecified atom stereocenters. The summed E-state index contributed by atoms with van der Waals surface area (Å²) in [6, 6.07) is 0. The fourth-order valence-electron chi connectivity index (χ4n) is 11.1. The van der Waals surface area contributed by atoms with Crippen LogP contribution in [-0.4, -0.2) is 37.2 Å². The van der Waals surface area contributed by atoms with E-state index in [9.17, 15) is 14.4 Å². The van der Waals surface area contributed by atoms with Gasteiger partial charge in [0.2, 0.25) is 0 Å². The SMILES string of the molecule is CCCCCCCCCCCCCCCCCCCCCCCCCCCCCCCCCC(=O)OCC(COC(=O)CCCCCCCCCCCCCC)OC(=O)CCCCCCCCCCCCCCCCC. The normalized spacial score (nSPS) is 11.9. The highest BCUT2D eigenvalue weighted by Gasteiger charge is 2.19. The third-order valence-electron chi connectivity index (χ3n) is 16.4. The summed E-state index contributed by atoms with van der Waals surface area (Å²) in [6.07, 6.45) is 77.2. The first-order valence-electron chi connectivity index (χ1n) is 35.0. The molecule has 6 nitrogen and oxygen atoms in total. The smallest absolute Gasteiger partial charge is 0.306 e. The molecule has 0 bridgehead atoms. The van der Waals surface area contributed by atoms with Crippen LogP contribution in [0.15, 0.2) is 0 Å². The van der Waals surface area contributed by atoms with Gasteiger partial charge in [-0.3, -0.25) is 14.4 Å². The van der Waals surface area contributed by atoms with E-state index < -0.39 is 6.10 Å². The molecule has 0 radical (unpaired) electrons. The third-order valence-corrected chi connectivity index (χ3v) is 16.4. The molecule has 0 aliphatic heterocycles. The van der Waals surface area contributed by atoms with Gasteiger partial charge in [0.05, 0.1) is 0 Å². The maximum atomic E-state index is 12.9. The molecule has 0 N–H and O–H groups in total. The summed E-state index contributed by atoms with van der Waals surface area (Å²) in [5.74, 6) is -0.825. The van der Waals surface area contributed by atoms with Crippen LogP contribution in [0.1, 0.15) is 412 Å². The standard InChI is InChI=1S/C70H136O6/c1-4-7-10-13-16-19-22-25-27-28-29-30-31-32-33-34-35-36-37-38-39-40-41-42-44-45-48-51-54-57-60-63-69(72)75-66-67(65-74-68(71)62-59-56-53-50-47-24-21-18-15-12-9-6-3)76-70(73)64-61-58-55-52-49-46-43-26-23-20-17-14-11-8-5-2/h67H,4-66H2,1-3H3. The minimum atomic E-state index is -0.762. The summed E-state index contributed by atoms with van der Waals surface area (Å²) in [7, 11) is 0. The lowest BCUT2D eigenvalue weighted by atomic mass is 10.0. The quantitative estimate of drug-likeness (QED) is 0.0343. The lowest BCUT2D eigenvalue weighted by molar-refractivity contribution is -0.167. The van der Waals surface area contributed by atoms with Crippen LogP contribution in [0.4, 0.5) is 0 Å². The first kappa shape index (κ1) is 74.4. The van der Waals surface area contributed by atoms with Crippen molar-refractivity contribution < 1.29 is 28.6 Å². The molecule has 0 saturated carbocycles. The van der Waals surface area contributed by atoms with Crippen LogP contribution in [0.25, 0.3) is 0 Å². The number of carbonyl (C=O) groups is 3. The lowest BCUT2D eigenvalue weighted by Gasteiger charge is -2.18. The van der Waals surface area contributed by atoms with E-state index >= 15 is 0 Å². The maximum Gasteiger partial charge on any atom is 0.306 e. The van der Waals surface area contributed by atoms with E-state index in [1.807, 2.05) is 0 Å². The fourth-order valence-corrected chi connectivity index (χ4v) is 11.1. The second-order valence-corrected chi connectivity index (χ2v) is 24.2. The Morgan fingerprint density at radius 1 is 0.211 bits per heavy atom. The van der Waals surface area contributed by atoms with Crippen LogP contribution in [0.2, 0.25) is 0 Å². The van der Waals surface area contributed by atoms with Gasteiger partial charge in [0, 0.05) is 19.3 Å². The van der Waals surface area contributed by atoms with Crippen LogP contribution in [0.5, 0.6) is 0 Å². The van der Waals surface area contributed by atoms with Gasteiger partial charge < -0.3 is 14.2 Å². The summed E-state index contributed by atoms with van der Waals surface area (Å²) in [5, 5.41) is 0. The molecule has 0 heterocycles. The zero-order valence-electron chi connectivity index (χ0n) is 52.1. The van der Waals surface area contributed by atoms with E-state index in [0.717, 1.165) is 57.8 Å². The highest BCUT2D eigenvalue weighted by Crippen LogP contribution is 2.19. The zero-order valence-corrected chi connectivity index (χ0v) is 52.1. The van der Waals surface area contributed by atoms with Gasteiger partial charge in [-0.2, -0.15) is 0 Å². The molecule has 1 atom stereocenters. The lowest BCUT2D eigenvalue weighted by Crippen LogP contribution is -2.30. The Balaban J connectivity index is 4.05. The van der Waals surface area contributed by atoms with E-state index in [2.05, 4.69) is 20.8 Å². The molecule has 0 fully saturated rings. The second-order valence-electron chi connectivity index (χ2n) is 24.2. The molecule has 0 amide bonds. The van der Waals surface area contributed by atoms with Crippen molar-refractivity contribution in [2.75, 3.05) is 13.2 Å². The molecule has 0 aromatic carbocycles. The van der Waals surface area contributed by atoms with Crippen molar-refractivity contribution >= 4 is 17.9 Å². The van der Waals surface area contributed by atoms with Crippen LogP contribution >= 0.6 is 0 Å². The first-order chi connectivity index (χ1) is 37.5. The highest BCUT2D eigenvalue weighted by atomic mass is 16.6. The number of carbonyl (C=O) groups excluding carboxylic acids is 3. The Kier molecular flexibility index (Phi) is 64.5. The van der Waals surface area contributed by atoms with Crippen molar-refractivity contribution in [1.82, 2.24) is 0 Å². The number of hydrogen-bond donors (Lipinski definition) is 0. The monoisotopic (exact) mass is 1070 g/mol. The van der Waals surface area contributed by atoms with Crippen LogP contribution in [0, 0.1) is 0 Å². The average molecular weight is 1070 g/mol. The van der Waals surface area contributed by atoms with Gasteiger partial charge in [0.15, 0.2) is 6.10 Å². The predicted molar refractivity (Wildman–Crippen MR) is 330 cm³/mol. The van der Waals surface area contributed by atoms with E-state index in [1.54, 1.807) is 0 Å².